The quantitative estimate of drug-likeness (QED) is 0.767. The van der Waals surface area contributed by atoms with Crippen molar-refractivity contribution < 1.29 is 22.7 Å². The first-order valence-corrected chi connectivity index (χ1v) is 4.86. The van der Waals surface area contributed by atoms with Gasteiger partial charge in [0.15, 0.2) is 6.29 Å². The lowest BCUT2D eigenvalue weighted by Gasteiger charge is -2.11. The van der Waals surface area contributed by atoms with Gasteiger partial charge in [-0.2, -0.15) is 18.2 Å². The van der Waals surface area contributed by atoms with E-state index < -0.39 is 12.0 Å². The van der Waals surface area contributed by atoms with Gasteiger partial charge < -0.3 is 4.74 Å². The van der Waals surface area contributed by atoms with E-state index in [1.807, 2.05) is 13.8 Å². The molecule has 1 rings (SSSR count). The van der Waals surface area contributed by atoms with Gasteiger partial charge in [0.25, 0.3) is 0 Å². The number of hydrogen-bond donors (Lipinski definition) is 0. The van der Waals surface area contributed by atoms with Crippen molar-refractivity contribution in [3.8, 4) is 5.88 Å². The molecule has 0 N–H and O–H groups in total. The van der Waals surface area contributed by atoms with Gasteiger partial charge in [0, 0.05) is 6.20 Å². The Hall–Kier alpha value is -1.66. The fraction of sp³-hybridized carbons (Fsp3) is 0.500. The van der Waals surface area contributed by atoms with E-state index in [1.54, 1.807) is 0 Å². The van der Waals surface area contributed by atoms with Crippen LogP contribution in [-0.4, -0.2) is 22.9 Å². The summed E-state index contributed by atoms with van der Waals surface area (Å²) in [6.45, 7) is 3.83. The Labute approximate surface area is 95.8 Å². The number of aromatic nitrogens is 2. The van der Waals surface area contributed by atoms with Crippen LogP contribution in [0.3, 0.4) is 0 Å². The number of alkyl halides is 3. The standard InChI is InChI=1S/C10H11F3N2O2/c1-6(2)5-17-8-7(4-16)3-14-9(15-8)10(11,12)13/h3-4,6H,5H2,1-2H3. The average molecular weight is 248 g/mol. The minimum Gasteiger partial charge on any atom is -0.477 e. The molecule has 0 bridgehead atoms. The number of carbonyl (C=O) groups excluding carboxylic acids is 1. The number of ether oxygens (including phenoxy) is 1. The Morgan fingerprint density at radius 1 is 1.47 bits per heavy atom. The predicted octanol–water partition coefficient (Wildman–Crippen LogP) is 2.34. The molecule has 0 radical (unpaired) electrons. The van der Waals surface area contributed by atoms with Crippen LogP contribution < -0.4 is 4.74 Å². The van der Waals surface area contributed by atoms with Crippen LogP contribution in [0.1, 0.15) is 30.0 Å². The fourth-order valence-corrected chi connectivity index (χ4v) is 0.954. The summed E-state index contributed by atoms with van der Waals surface area (Å²) >= 11 is 0. The van der Waals surface area contributed by atoms with Crippen molar-refractivity contribution in [2.45, 2.75) is 20.0 Å². The topological polar surface area (TPSA) is 52.1 Å². The van der Waals surface area contributed by atoms with Crippen LogP contribution in [0.2, 0.25) is 0 Å². The molecule has 0 aliphatic rings. The molecular weight excluding hydrogens is 237 g/mol. The lowest BCUT2D eigenvalue weighted by atomic mass is 10.2. The van der Waals surface area contributed by atoms with E-state index in [1.165, 1.54) is 0 Å². The summed E-state index contributed by atoms with van der Waals surface area (Å²) in [7, 11) is 0. The van der Waals surface area contributed by atoms with E-state index in [0.717, 1.165) is 6.20 Å². The largest absolute Gasteiger partial charge is 0.477 e. The van der Waals surface area contributed by atoms with Gasteiger partial charge in [0.2, 0.25) is 11.7 Å². The SMILES string of the molecule is CC(C)COc1nc(C(F)(F)F)ncc1C=O. The molecule has 0 amide bonds. The van der Waals surface area contributed by atoms with Crippen molar-refractivity contribution in [3.63, 3.8) is 0 Å². The van der Waals surface area contributed by atoms with Crippen LogP contribution >= 0.6 is 0 Å². The van der Waals surface area contributed by atoms with Gasteiger partial charge in [-0.1, -0.05) is 13.8 Å². The van der Waals surface area contributed by atoms with Gasteiger partial charge in [-0.25, -0.2) is 4.98 Å². The van der Waals surface area contributed by atoms with Crippen LogP contribution in [-0.2, 0) is 6.18 Å². The summed E-state index contributed by atoms with van der Waals surface area (Å²) < 4.78 is 42.0. The maximum atomic E-state index is 12.3. The molecule has 0 saturated heterocycles. The van der Waals surface area contributed by atoms with Crippen LogP contribution in [0.5, 0.6) is 5.88 Å². The first kappa shape index (κ1) is 13.4. The van der Waals surface area contributed by atoms with Gasteiger partial charge in [-0.05, 0) is 5.92 Å². The number of hydrogen-bond acceptors (Lipinski definition) is 4. The third kappa shape index (κ3) is 3.69. The fourth-order valence-electron chi connectivity index (χ4n) is 0.954. The van der Waals surface area contributed by atoms with Gasteiger partial charge in [-0.15, -0.1) is 0 Å². The first-order chi connectivity index (χ1) is 7.84. The lowest BCUT2D eigenvalue weighted by Crippen LogP contribution is -2.14. The lowest BCUT2D eigenvalue weighted by molar-refractivity contribution is -0.145. The Balaban J connectivity index is 3.02. The van der Waals surface area contributed by atoms with Crippen LogP contribution in [0, 0.1) is 5.92 Å². The third-order valence-corrected chi connectivity index (χ3v) is 1.71. The van der Waals surface area contributed by atoms with Gasteiger partial charge in [-0.3, -0.25) is 4.79 Å². The maximum Gasteiger partial charge on any atom is 0.451 e. The molecule has 0 fully saturated rings. The number of nitrogens with zero attached hydrogens (tertiary/aromatic N) is 2. The monoisotopic (exact) mass is 248 g/mol. The average Bonchev–Trinajstić information content (AvgIpc) is 2.24. The summed E-state index contributed by atoms with van der Waals surface area (Å²) in [6.07, 6.45) is -3.49. The molecule has 0 atom stereocenters. The zero-order valence-electron chi connectivity index (χ0n) is 9.28. The molecule has 1 aromatic rings. The molecule has 1 heterocycles. The van der Waals surface area contributed by atoms with Crippen molar-refractivity contribution in [1.29, 1.82) is 0 Å². The van der Waals surface area contributed by atoms with Gasteiger partial charge in [0.05, 0.1) is 12.2 Å². The minimum absolute atomic E-state index is 0.0985. The molecule has 0 unspecified atom stereocenters. The smallest absolute Gasteiger partial charge is 0.451 e. The normalized spacial score (nSPS) is 11.6. The summed E-state index contributed by atoms with van der Waals surface area (Å²) in [5.74, 6) is -1.54. The van der Waals surface area contributed by atoms with Crippen molar-refractivity contribution >= 4 is 6.29 Å². The highest BCUT2D eigenvalue weighted by Gasteiger charge is 2.35. The highest BCUT2D eigenvalue weighted by atomic mass is 19.4. The predicted molar refractivity (Wildman–Crippen MR) is 52.8 cm³/mol. The van der Waals surface area contributed by atoms with E-state index in [9.17, 15) is 18.0 Å². The molecule has 7 heteroatoms. The zero-order chi connectivity index (χ0) is 13.1. The molecule has 17 heavy (non-hydrogen) atoms. The number of aldehydes is 1. The van der Waals surface area contributed by atoms with Crippen LogP contribution in [0.4, 0.5) is 13.2 Å². The number of carbonyl (C=O) groups is 1. The van der Waals surface area contributed by atoms with Crippen molar-refractivity contribution in [1.82, 2.24) is 9.97 Å². The molecule has 0 aromatic carbocycles. The van der Waals surface area contributed by atoms with Crippen LogP contribution in [0.25, 0.3) is 0 Å². The van der Waals surface area contributed by atoms with E-state index >= 15 is 0 Å². The summed E-state index contributed by atoms with van der Waals surface area (Å²) in [6, 6.07) is 0. The molecule has 0 saturated carbocycles. The molecule has 1 aromatic heterocycles. The Bertz CT molecular complexity index is 405. The highest BCUT2D eigenvalue weighted by molar-refractivity contribution is 5.77. The van der Waals surface area contributed by atoms with Gasteiger partial charge in [0.1, 0.15) is 0 Å². The number of rotatable bonds is 4. The second-order valence-electron chi connectivity index (χ2n) is 3.77. The second kappa shape index (κ2) is 5.11. The Morgan fingerprint density at radius 2 is 2.12 bits per heavy atom. The Morgan fingerprint density at radius 3 is 2.59 bits per heavy atom. The van der Waals surface area contributed by atoms with E-state index in [2.05, 4.69) is 9.97 Å². The molecule has 94 valence electrons. The van der Waals surface area contributed by atoms with Crippen LogP contribution in [0.15, 0.2) is 6.20 Å². The van der Waals surface area contributed by atoms with Crippen molar-refractivity contribution in [3.05, 3.63) is 17.6 Å². The molecule has 4 nitrogen and oxygen atoms in total. The first-order valence-electron chi connectivity index (χ1n) is 4.86. The Kier molecular flexibility index (Phi) is 4.03. The summed E-state index contributed by atoms with van der Waals surface area (Å²) in [5.41, 5.74) is -0.0985. The summed E-state index contributed by atoms with van der Waals surface area (Å²) in [5, 5.41) is 0. The highest BCUT2D eigenvalue weighted by Crippen LogP contribution is 2.27. The minimum atomic E-state index is -4.66. The van der Waals surface area contributed by atoms with E-state index in [4.69, 9.17) is 4.74 Å². The molecule has 0 aliphatic carbocycles. The van der Waals surface area contributed by atoms with E-state index in [-0.39, 0.29) is 24.0 Å². The molecule has 0 aliphatic heterocycles. The molecule has 0 spiro atoms. The third-order valence-electron chi connectivity index (χ3n) is 1.71. The summed E-state index contributed by atoms with van der Waals surface area (Å²) in [4.78, 5) is 16.9. The second-order valence-corrected chi connectivity index (χ2v) is 3.77. The van der Waals surface area contributed by atoms with Crippen molar-refractivity contribution in [2.75, 3.05) is 6.61 Å². The zero-order valence-corrected chi connectivity index (χ0v) is 9.28. The van der Waals surface area contributed by atoms with Gasteiger partial charge >= 0.3 is 6.18 Å². The molecular formula is C10H11F3N2O2. The van der Waals surface area contributed by atoms with E-state index in [0.29, 0.717) is 6.29 Å². The maximum absolute atomic E-state index is 12.3. The number of halogens is 3. The van der Waals surface area contributed by atoms with Crippen molar-refractivity contribution in [2.24, 2.45) is 5.92 Å².